The molecule has 25 heavy (non-hydrogen) atoms. The number of hydrogen-bond donors (Lipinski definition) is 1. The largest absolute Gasteiger partial charge is 0.484 e. The Kier molecular flexibility index (Phi) is 5.64. The first-order valence-electron chi connectivity index (χ1n) is 9.42. The summed E-state index contributed by atoms with van der Waals surface area (Å²) in [4.78, 5) is 16.3. The number of ether oxygens (including phenoxy) is 1. The lowest BCUT2D eigenvalue weighted by atomic mass is 9.87. The number of likely N-dealkylation sites (tertiary alicyclic amines) is 2. The second-order valence-electron chi connectivity index (χ2n) is 7.54. The van der Waals surface area contributed by atoms with E-state index < -0.39 is 5.60 Å². The van der Waals surface area contributed by atoms with Crippen LogP contribution in [0, 0.1) is 0 Å². The van der Waals surface area contributed by atoms with Crippen LogP contribution in [-0.2, 0) is 10.4 Å². The quantitative estimate of drug-likeness (QED) is 0.889. The third-order valence-corrected chi connectivity index (χ3v) is 5.68. The van der Waals surface area contributed by atoms with E-state index in [1.807, 2.05) is 36.1 Å². The lowest BCUT2D eigenvalue weighted by Crippen LogP contribution is -2.43. The lowest BCUT2D eigenvalue weighted by Gasteiger charge is -2.35. The lowest BCUT2D eigenvalue weighted by molar-refractivity contribution is -0.134. The van der Waals surface area contributed by atoms with Crippen molar-refractivity contribution in [1.29, 1.82) is 0 Å². The Hall–Kier alpha value is -1.59. The molecule has 0 spiro atoms. The molecule has 1 aromatic rings. The minimum absolute atomic E-state index is 0.0587. The van der Waals surface area contributed by atoms with E-state index in [0.29, 0.717) is 5.75 Å². The van der Waals surface area contributed by atoms with Crippen molar-refractivity contribution in [2.24, 2.45) is 0 Å². The fourth-order valence-electron chi connectivity index (χ4n) is 4.08. The first-order valence-corrected chi connectivity index (χ1v) is 9.42. The number of rotatable bonds is 5. The number of hydrogen-bond acceptors (Lipinski definition) is 4. The third kappa shape index (κ3) is 4.15. The van der Waals surface area contributed by atoms with Gasteiger partial charge in [0.1, 0.15) is 11.4 Å². The molecule has 138 valence electrons. The van der Waals surface area contributed by atoms with Crippen LogP contribution >= 0.6 is 0 Å². The van der Waals surface area contributed by atoms with E-state index in [4.69, 9.17) is 4.74 Å². The zero-order chi connectivity index (χ0) is 17.9. The Morgan fingerprint density at radius 2 is 1.84 bits per heavy atom. The van der Waals surface area contributed by atoms with Gasteiger partial charge in [-0.25, -0.2) is 0 Å². The van der Waals surface area contributed by atoms with Gasteiger partial charge in [0, 0.05) is 19.1 Å². The Morgan fingerprint density at radius 3 is 2.44 bits per heavy atom. The van der Waals surface area contributed by atoms with Gasteiger partial charge in [0.25, 0.3) is 5.91 Å². The molecule has 5 heteroatoms. The Balaban J connectivity index is 1.57. The van der Waals surface area contributed by atoms with Gasteiger partial charge in [-0.3, -0.25) is 4.79 Å². The average molecular weight is 346 g/mol. The van der Waals surface area contributed by atoms with Gasteiger partial charge in [-0.1, -0.05) is 12.1 Å². The summed E-state index contributed by atoms with van der Waals surface area (Å²) >= 11 is 0. The molecule has 0 aliphatic carbocycles. The van der Waals surface area contributed by atoms with Gasteiger partial charge in [-0.15, -0.1) is 0 Å². The van der Waals surface area contributed by atoms with Crippen LogP contribution in [0.1, 0.15) is 44.6 Å². The summed E-state index contributed by atoms with van der Waals surface area (Å²) < 4.78 is 5.65. The van der Waals surface area contributed by atoms with E-state index in [1.165, 1.54) is 6.42 Å². The van der Waals surface area contributed by atoms with Crippen LogP contribution in [0.4, 0.5) is 0 Å². The van der Waals surface area contributed by atoms with Crippen LogP contribution in [0.2, 0.25) is 0 Å². The van der Waals surface area contributed by atoms with Gasteiger partial charge in [-0.2, -0.15) is 0 Å². The van der Waals surface area contributed by atoms with Crippen molar-refractivity contribution in [2.45, 2.75) is 50.7 Å². The zero-order valence-corrected chi connectivity index (χ0v) is 15.4. The monoisotopic (exact) mass is 346 g/mol. The van der Waals surface area contributed by atoms with Gasteiger partial charge >= 0.3 is 0 Å². The fraction of sp³-hybridized carbons (Fsp3) is 0.650. The molecule has 5 nitrogen and oxygen atoms in total. The molecule has 2 aliphatic rings. The predicted molar refractivity (Wildman–Crippen MR) is 97.6 cm³/mol. The summed E-state index contributed by atoms with van der Waals surface area (Å²) in [5.74, 6) is 0.730. The molecule has 1 unspecified atom stereocenters. The van der Waals surface area contributed by atoms with Crippen molar-refractivity contribution in [3.8, 4) is 5.75 Å². The topological polar surface area (TPSA) is 53.0 Å². The highest BCUT2D eigenvalue weighted by atomic mass is 16.5. The molecule has 2 aliphatic heterocycles. The number of carbonyl (C=O) groups excluding carboxylic acids is 1. The highest BCUT2D eigenvalue weighted by Crippen LogP contribution is 2.34. The summed E-state index contributed by atoms with van der Waals surface area (Å²) in [5.41, 5.74) is 0.00823. The van der Waals surface area contributed by atoms with E-state index in [9.17, 15) is 9.90 Å². The molecule has 1 amide bonds. The Labute approximate surface area is 150 Å². The molecule has 2 heterocycles. The molecule has 0 aromatic heterocycles. The number of carbonyl (C=O) groups is 1. The molecule has 1 N–H and O–H groups in total. The molecule has 0 bridgehead atoms. The smallest absolute Gasteiger partial charge is 0.260 e. The number of aliphatic hydroxyl groups is 1. The molecular formula is C20H30N2O3. The molecule has 3 rings (SSSR count). The molecule has 0 radical (unpaired) electrons. The third-order valence-electron chi connectivity index (χ3n) is 5.68. The zero-order valence-electron chi connectivity index (χ0n) is 15.4. The van der Waals surface area contributed by atoms with Crippen molar-refractivity contribution < 1.29 is 14.6 Å². The predicted octanol–water partition coefficient (Wildman–Crippen LogP) is 2.38. The van der Waals surface area contributed by atoms with Crippen LogP contribution < -0.4 is 4.74 Å². The van der Waals surface area contributed by atoms with Crippen LogP contribution in [0.3, 0.4) is 0 Å². The maximum atomic E-state index is 12.2. The summed E-state index contributed by atoms with van der Waals surface area (Å²) in [6.07, 6.45) is 5.52. The molecule has 0 saturated carbocycles. The van der Waals surface area contributed by atoms with Gasteiger partial charge in [0.15, 0.2) is 6.61 Å². The highest BCUT2D eigenvalue weighted by Gasteiger charge is 2.38. The van der Waals surface area contributed by atoms with E-state index >= 15 is 0 Å². The van der Waals surface area contributed by atoms with E-state index in [-0.39, 0.29) is 18.6 Å². The molecule has 2 saturated heterocycles. The number of nitrogens with zero attached hydrogens (tertiary/aromatic N) is 2. The van der Waals surface area contributed by atoms with E-state index in [0.717, 1.165) is 50.9 Å². The second kappa shape index (κ2) is 7.75. The Bertz CT molecular complexity index is 579. The highest BCUT2D eigenvalue weighted by molar-refractivity contribution is 5.77. The second-order valence-corrected chi connectivity index (χ2v) is 7.54. The first kappa shape index (κ1) is 18.2. The van der Waals surface area contributed by atoms with Crippen molar-refractivity contribution >= 4 is 5.91 Å². The van der Waals surface area contributed by atoms with Gasteiger partial charge in [0.2, 0.25) is 0 Å². The molecule has 2 fully saturated rings. The summed E-state index contributed by atoms with van der Waals surface area (Å²) in [6.45, 7) is 4.69. The van der Waals surface area contributed by atoms with E-state index in [1.54, 1.807) is 0 Å². The standard InChI is InChI=1S/C20H30N2O3/c1-20(24,18-7-6-12-21(18)2)16-8-10-17(11-9-16)25-15-19(23)22-13-4-3-5-14-22/h8-11,18,24H,3-7,12-15H2,1-2H3/t18-,20?/m1/s1. The maximum absolute atomic E-state index is 12.2. The van der Waals surface area contributed by atoms with Crippen LogP contribution in [0.15, 0.2) is 24.3 Å². The van der Waals surface area contributed by atoms with Crippen LogP contribution in [0.5, 0.6) is 5.75 Å². The minimum Gasteiger partial charge on any atom is -0.484 e. The number of benzene rings is 1. The van der Waals surface area contributed by atoms with Gasteiger partial charge < -0.3 is 19.6 Å². The first-order chi connectivity index (χ1) is 12.0. The van der Waals surface area contributed by atoms with Crippen molar-refractivity contribution in [3.05, 3.63) is 29.8 Å². The fourth-order valence-corrected chi connectivity index (χ4v) is 4.08. The molecule has 2 atom stereocenters. The molecule has 1 aromatic carbocycles. The SMILES string of the molecule is CN1CCC[C@@H]1C(C)(O)c1ccc(OCC(=O)N2CCCCC2)cc1. The van der Waals surface area contributed by atoms with Gasteiger partial charge in [-0.05, 0) is 70.3 Å². The molecular weight excluding hydrogens is 316 g/mol. The van der Waals surface area contributed by atoms with E-state index in [2.05, 4.69) is 11.9 Å². The normalized spacial score (nSPS) is 24.1. The van der Waals surface area contributed by atoms with Gasteiger partial charge in [0.05, 0.1) is 0 Å². The van der Waals surface area contributed by atoms with Crippen LogP contribution in [0.25, 0.3) is 0 Å². The maximum Gasteiger partial charge on any atom is 0.260 e. The average Bonchev–Trinajstić information content (AvgIpc) is 3.07. The van der Waals surface area contributed by atoms with Crippen molar-refractivity contribution in [2.75, 3.05) is 33.3 Å². The number of piperidine rings is 1. The number of likely N-dealkylation sites (N-methyl/N-ethyl adjacent to an activating group) is 1. The summed E-state index contributed by atoms with van der Waals surface area (Å²) in [7, 11) is 2.07. The minimum atomic E-state index is -0.882. The van der Waals surface area contributed by atoms with Crippen molar-refractivity contribution in [1.82, 2.24) is 9.80 Å². The summed E-state index contributed by atoms with van der Waals surface area (Å²) in [5, 5.41) is 11.0. The van der Waals surface area contributed by atoms with Crippen molar-refractivity contribution in [3.63, 3.8) is 0 Å². The Morgan fingerprint density at radius 1 is 1.16 bits per heavy atom. The number of amides is 1. The van der Waals surface area contributed by atoms with Crippen LogP contribution in [-0.4, -0.2) is 60.1 Å². The summed E-state index contributed by atoms with van der Waals surface area (Å²) in [6, 6.07) is 7.66.